The summed E-state index contributed by atoms with van der Waals surface area (Å²) >= 11 is 0. The molecule has 0 aliphatic carbocycles. The van der Waals surface area contributed by atoms with E-state index in [0.29, 0.717) is 5.39 Å². The number of anilines is 1. The molecule has 0 atom stereocenters. The van der Waals surface area contributed by atoms with Gasteiger partial charge in [0.05, 0.1) is 11.9 Å². The highest BCUT2D eigenvalue weighted by molar-refractivity contribution is 6.14. The van der Waals surface area contributed by atoms with Crippen molar-refractivity contribution in [3.63, 3.8) is 0 Å². The average Bonchev–Trinajstić information content (AvgIpc) is 2.91. The number of fused-ring (bicyclic) bond motifs is 1. The van der Waals surface area contributed by atoms with Gasteiger partial charge in [-0.1, -0.05) is 0 Å². The number of benzene rings is 2. The number of nitrogen functional groups attached to an aromatic ring is 1. The Bertz CT molecular complexity index is 809. The van der Waals surface area contributed by atoms with Gasteiger partial charge in [-0.2, -0.15) is 5.10 Å². The molecule has 0 saturated carbocycles. The number of rotatable bonds is 2. The van der Waals surface area contributed by atoms with Crippen LogP contribution in [0, 0.1) is 11.6 Å². The molecule has 2 aromatic carbocycles. The second-order valence-corrected chi connectivity index (χ2v) is 4.32. The molecule has 0 radical (unpaired) electrons. The highest BCUT2D eigenvalue weighted by atomic mass is 19.1. The number of aromatic amines is 1. The number of aromatic nitrogens is 2. The molecule has 6 heteroatoms. The van der Waals surface area contributed by atoms with Crippen molar-refractivity contribution in [1.29, 1.82) is 0 Å². The number of carbonyl (C=O) groups excluding carboxylic acids is 1. The van der Waals surface area contributed by atoms with E-state index in [1.54, 1.807) is 0 Å². The molecule has 20 heavy (non-hydrogen) atoms. The Labute approximate surface area is 112 Å². The van der Waals surface area contributed by atoms with Crippen LogP contribution in [0.4, 0.5) is 14.5 Å². The summed E-state index contributed by atoms with van der Waals surface area (Å²) in [5.74, 6) is -1.64. The average molecular weight is 273 g/mol. The van der Waals surface area contributed by atoms with E-state index >= 15 is 0 Å². The third-order valence-electron chi connectivity index (χ3n) is 3.07. The van der Waals surface area contributed by atoms with Crippen molar-refractivity contribution in [1.82, 2.24) is 10.2 Å². The van der Waals surface area contributed by atoms with Gasteiger partial charge in [-0.25, -0.2) is 8.78 Å². The predicted octanol–water partition coefficient (Wildman–Crippen LogP) is 2.65. The van der Waals surface area contributed by atoms with Crippen LogP contribution in [0.15, 0.2) is 36.5 Å². The molecule has 1 heterocycles. The fourth-order valence-electron chi connectivity index (χ4n) is 2.01. The second-order valence-electron chi connectivity index (χ2n) is 4.32. The molecule has 0 fully saturated rings. The summed E-state index contributed by atoms with van der Waals surface area (Å²) in [6.45, 7) is 0. The van der Waals surface area contributed by atoms with E-state index in [2.05, 4.69) is 10.2 Å². The minimum absolute atomic E-state index is 0.0306. The van der Waals surface area contributed by atoms with E-state index in [-0.39, 0.29) is 22.3 Å². The van der Waals surface area contributed by atoms with Gasteiger partial charge in [-0.15, -0.1) is 0 Å². The summed E-state index contributed by atoms with van der Waals surface area (Å²) in [6, 6.07) is 6.44. The summed E-state index contributed by atoms with van der Waals surface area (Å²) in [6.07, 6.45) is 1.40. The SMILES string of the molecule is Nc1c(C(=O)c2ccc(F)cc2)cc2cn[nH]c2c1F. The molecular weight excluding hydrogens is 264 g/mol. The minimum Gasteiger partial charge on any atom is -0.396 e. The quantitative estimate of drug-likeness (QED) is 0.557. The van der Waals surface area contributed by atoms with Gasteiger partial charge >= 0.3 is 0 Å². The van der Waals surface area contributed by atoms with Crippen LogP contribution in [0.2, 0.25) is 0 Å². The number of ketones is 1. The van der Waals surface area contributed by atoms with Crippen LogP contribution in [-0.4, -0.2) is 16.0 Å². The topological polar surface area (TPSA) is 71.8 Å². The van der Waals surface area contributed by atoms with E-state index in [1.807, 2.05) is 0 Å². The van der Waals surface area contributed by atoms with Gasteiger partial charge in [0.15, 0.2) is 11.6 Å². The largest absolute Gasteiger partial charge is 0.396 e. The number of nitrogens with zero attached hydrogens (tertiary/aromatic N) is 1. The summed E-state index contributed by atoms with van der Waals surface area (Å²) < 4.78 is 26.9. The lowest BCUT2D eigenvalue weighted by Crippen LogP contribution is -2.07. The molecule has 3 rings (SSSR count). The first-order valence-corrected chi connectivity index (χ1v) is 5.79. The first-order chi connectivity index (χ1) is 9.58. The van der Waals surface area contributed by atoms with Crippen molar-refractivity contribution in [2.45, 2.75) is 0 Å². The van der Waals surface area contributed by atoms with Crippen LogP contribution in [0.1, 0.15) is 15.9 Å². The molecule has 100 valence electrons. The van der Waals surface area contributed by atoms with E-state index < -0.39 is 17.4 Å². The predicted molar refractivity (Wildman–Crippen MR) is 70.3 cm³/mol. The monoisotopic (exact) mass is 273 g/mol. The number of carbonyl (C=O) groups is 1. The molecular formula is C14H9F2N3O. The lowest BCUT2D eigenvalue weighted by molar-refractivity contribution is 0.103. The Morgan fingerprint density at radius 1 is 1.20 bits per heavy atom. The van der Waals surface area contributed by atoms with Gasteiger partial charge in [-0.05, 0) is 30.3 Å². The van der Waals surface area contributed by atoms with E-state index in [1.165, 1.54) is 24.4 Å². The van der Waals surface area contributed by atoms with Crippen molar-refractivity contribution < 1.29 is 13.6 Å². The normalized spacial score (nSPS) is 10.9. The molecule has 4 nitrogen and oxygen atoms in total. The molecule has 0 unspecified atom stereocenters. The maximum atomic E-state index is 14.0. The lowest BCUT2D eigenvalue weighted by Gasteiger charge is -2.07. The van der Waals surface area contributed by atoms with Gasteiger partial charge in [0.1, 0.15) is 11.3 Å². The molecule has 0 saturated heterocycles. The fourth-order valence-corrected chi connectivity index (χ4v) is 2.01. The van der Waals surface area contributed by atoms with Crippen molar-refractivity contribution in [2.75, 3.05) is 5.73 Å². The van der Waals surface area contributed by atoms with Crippen molar-refractivity contribution >= 4 is 22.4 Å². The number of H-pyrrole nitrogens is 1. The van der Waals surface area contributed by atoms with Gasteiger partial charge in [-0.3, -0.25) is 9.89 Å². The molecule has 0 aliphatic rings. The molecule has 1 aromatic heterocycles. The van der Waals surface area contributed by atoms with Gasteiger partial charge in [0.25, 0.3) is 0 Å². The lowest BCUT2D eigenvalue weighted by atomic mass is 10.00. The van der Waals surface area contributed by atoms with Crippen LogP contribution in [0.25, 0.3) is 10.9 Å². The second kappa shape index (κ2) is 4.41. The third kappa shape index (κ3) is 1.82. The Hall–Kier alpha value is -2.76. The van der Waals surface area contributed by atoms with Crippen LogP contribution >= 0.6 is 0 Å². The zero-order valence-electron chi connectivity index (χ0n) is 10.2. The minimum atomic E-state index is -0.717. The summed E-state index contributed by atoms with van der Waals surface area (Å²) in [7, 11) is 0. The zero-order valence-corrected chi connectivity index (χ0v) is 10.2. The van der Waals surface area contributed by atoms with Crippen LogP contribution in [-0.2, 0) is 0 Å². The maximum absolute atomic E-state index is 14.0. The smallest absolute Gasteiger partial charge is 0.195 e. The molecule has 0 spiro atoms. The maximum Gasteiger partial charge on any atom is 0.195 e. The number of halogens is 2. The summed E-state index contributed by atoms with van der Waals surface area (Å²) in [5, 5.41) is 6.63. The standard InChI is InChI=1S/C14H9F2N3O/c15-9-3-1-7(2-4-9)14(20)10-5-8-6-18-19-13(8)11(16)12(10)17/h1-6H,17H2,(H,18,19). The van der Waals surface area contributed by atoms with Gasteiger partial charge in [0.2, 0.25) is 0 Å². The Morgan fingerprint density at radius 3 is 2.60 bits per heavy atom. The number of nitrogens with one attached hydrogen (secondary N) is 1. The molecule has 0 bridgehead atoms. The van der Waals surface area contributed by atoms with E-state index in [9.17, 15) is 13.6 Å². The number of hydrogen-bond acceptors (Lipinski definition) is 3. The van der Waals surface area contributed by atoms with Crippen LogP contribution in [0.3, 0.4) is 0 Å². The van der Waals surface area contributed by atoms with Crippen molar-refractivity contribution in [3.8, 4) is 0 Å². The van der Waals surface area contributed by atoms with Crippen molar-refractivity contribution in [3.05, 3.63) is 59.3 Å². The Balaban J connectivity index is 2.16. The first-order valence-electron chi connectivity index (χ1n) is 5.79. The molecule has 3 N–H and O–H groups in total. The summed E-state index contributed by atoms with van der Waals surface area (Å²) in [4.78, 5) is 12.3. The Morgan fingerprint density at radius 2 is 1.90 bits per heavy atom. The number of hydrogen-bond donors (Lipinski definition) is 2. The third-order valence-corrected chi connectivity index (χ3v) is 3.07. The highest BCUT2D eigenvalue weighted by Gasteiger charge is 2.18. The van der Waals surface area contributed by atoms with Gasteiger partial charge in [0, 0.05) is 16.5 Å². The number of nitrogens with two attached hydrogens (primary N) is 1. The highest BCUT2D eigenvalue weighted by Crippen LogP contribution is 2.27. The van der Waals surface area contributed by atoms with E-state index in [0.717, 1.165) is 12.1 Å². The van der Waals surface area contributed by atoms with Crippen LogP contribution < -0.4 is 5.73 Å². The molecule has 0 aliphatic heterocycles. The first kappa shape index (κ1) is 12.3. The van der Waals surface area contributed by atoms with E-state index in [4.69, 9.17) is 5.73 Å². The summed E-state index contributed by atoms with van der Waals surface area (Å²) in [5.41, 5.74) is 5.82. The van der Waals surface area contributed by atoms with Gasteiger partial charge < -0.3 is 5.73 Å². The zero-order chi connectivity index (χ0) is 14.3. The molecule has 3 aromatic rings. The van der Waals surface area contributed by atoms with Crippen LogP contribution in [0.5, 0.6) is 0 Å². The van der Waals surface area contributed by atoms with Crippen molar-refractivity contribution in [2.24, 2.45) is 0 Å². The molecule has 0 amide bonds. The fraction of sp³-hybridized carbons (Fsp3) is 0. The Kier molecular flexibility index (Phi) is 2.71.